The van der Waals surface area contributed by atoms with Crippen LogP contribution in [0.25, 0.3) is 0 Å². The van der Waals surface area contributed by atoms with E-state index in [0.717, 1.165) is 12.8 Å². The predicted molar refractivity (Wildman–Crippen MR) is 100 cm³/mol. The monoisotopic (exact) mass is 390 g/mol. The van der Waals surface area contributed by atoms with Crippen molar-refractivity contribution in [1.82, 2.24) is 9.80 Å². The molecule has 2 heterocycles. The van der Waals surface area contributed by atoms with Crippen molar-refractivity contribution in [2.75, 3.05) is 32.9 Å². The first-order valence-corrected chi connectivity index (χ1v) is 10.1. The lowest BCUT2D eigenvalue weighted by Gasteiger charge is -2.43. The number of hydrogen-bond acceptors (Lipinski definition) is 4. The van der Waals surface area contributed by atoms with Crippen molar-refractivity contribution < 1.29 is 23.5 Å². The lowest BCUT2D eigenvalue weighted by Crippen LogP contribution is -2.58. The van der Waals surface area contributed by atoms with E-state index in [1.54, 1.807) is 15.9 Å². The standard InChI is InChI=1S/C21H27FN2O4/c1-15-5-7-21(8-6-15)24(19(25)16-3-2-4-17(22)13-16)18(14-28-21)20(26)23-9-11-27-12-10-23/h2-4,13,15,18H,5-12,14H2,1H3. The van der Waals surface area contributed by atoms with Gasteiger partial charge in [0.05, 0.1) is 19.8 Å². The molecule has 0 radical (unpaired) electrons. The van der Waals surface area contributed by atoms with E-state index < -0.39 is 17.6 Å². The maximum atomic E-state index is 13.8. The highest BCUT2D eigenvalue weighted by molar-refractivity contribution is 5.98. The van der Waals surface area contributed by atoms with Gasteiger partial charge < -0.3 is 14.4 Å². The van der Waals surface area contributed by atoms with Crippen molar-refractivity contribution in [2.45, 2.75) is 44.4 Å². The molecule has 4 rings (SSSR count). The van der Waals surface area contributed by atoms with Gasteiger partial charge in [0.15, 0.2) is 0 Å². The minimum absolute atomic E-state index is 0.108. The molecule has 7 heteroatoms. The third-order valence-corrected chi connectivity index (χ3v) is 6.21. The average molecular weight is 390 g/mol. The van der Waals surface area contributed by atoms with Crippen molar-refractivity contribution in [2.24, 2.45) is 5.92 Å². The third kappa shape index (κ3) is 3.53. The number of amides is 2. The number of benzene rings is 1. The summed E-state index contributed by atoms with van der Waals surface area (Å²) >= 11 is 0. The van der Waals surface area contributed by atoms with Crippen molar-refractivity contribution >= 4 is 11.8 Å². The number of carbonyl (C=O) groups is 2. The van der Waals surface area contributed by atoms with Gasteiger partial charge in [-0.05, 0) is 49.8 Å². The summed E-state index contributed by atoms with van der Waals surface area (Å²) in [6.07, 6.45) is 3.26. The van der Waals surface area contributed by atoms with Gasteiger partial charge in [0, 0.05) is 18.7 Å². The number of carbonyl (C=O) groups excluding carboxylic acids is 2. The number of rotatable bonds is 2. The summed E-state index contributed by atoms with van der Waals surface area (Å²) in [7, 11) is 0. The molecule has 0 aromatic heterocycles. The molecule has 2 saturated heterocycles. The van der Waals surface area contributed by atoms with Crippen molar-refractivity contribution in [3.8, 4) is 0 Å². The van der Waals surface area contributed by atoms with Crippen molar-refractivity contribution in [3.05, 3.63) is 35.6 Å². The summed E-state index contributed by atoms with van der Waals surface area (Å²) in [5.74, 6) is -0.343. The summed E-state index contributed by atoms with van der Waals surface area (Å²) in [5.41, 5.74) is -0.522. The number of nitrogens with zero attached hydrogens (tertiary/aromatic N) is 2. The summed E-state index contributed by atoms with van der Waals surface area (Å²) in [4.78, 5) is 30.0. The first-order chi connectivity index (χ1) is 13.5. The van der Waals surface area contributed by atoms with Crippen LogP contribution in [0.3, 0.4) is 0 Å². The normalized spacial score (nSPS) is 30.6. The second-order valence-corrected chi connectivity index (χ2v) is 8.08. The van der Waals surface area contributed by atoms with E-state index >= 15 is 0 Å². The zero-order valence-corrected chi connectivity index (χ0v) is 16.2. The molecule has 3 aliphatic rings. The number of morpholine rings is 1. The molecule has 1 aromatic rings. The number of halogens is 1. The minimum Gasteiger partial charge on any atom is -0.378 e. The quantitative estimate of drug-likeness (QED) is 0.778. The van der Waals surface area contributed by atoms with E-state index in [2.05, 4.69) is 6.92 Å². The van der Waals surface area contributed by atoms with Gasteiger partial charge in [0.25, 0.3) is 5.91 Å². The Morgan fingerprint density at radius 1 is 1.18 bits per heavy atom. The highest BCUT2D eigenvalue weighted by Crippen LogP contribution is 2.43. The molecule has 1 unspecified atom stereocenters. The molecular weight excluding hydrogens is 363 g/mol. The zero-order chi connectivity index (χ0) is 19.7. The Kier molecular flexibility index (Phi) is 5.38. The number of hydrogen-bond donors (Lipinski definition) is 0. The molecule has 1 spiro atoms. The van der Waals surface area contributed by atoms with Crippen LogP contribution in [-0.4, -0.2) is 66.3 Å². The van der Waals surface area contributed by atoms with Crippen LogP contribution in [0.15, 0.2) is 24.3 Å². The predicted octanol–water partition coefficient (Wildman–Crippen LogP) is 2.43. The van der Waals surface area contributed by atoms with E-state index in [0.29, 0.717) is 45.1 Å². The fraction of sp³-hybridized carbons (Fsp3) is 0.619. The molecule has 1 atom stereocenters. The van der Waals surface area contributed by atoms with E-state index in [9.17, 15) is 14.0 Å². The second-order valence-electron chi connectivity index (χ2n) is 8.08. The lowest BCUT2D eigenvalue weighted by atomic mass is 9.83. The minimum atomic E-state index is -0.775. The van der Waals surface area contributed by atoms with Gasteiger partial charge in [-0.15, -0.1) is 0 Å². The maximum Gasteiger partial charge on any atom is 0.256 e. The molecule has 2 amide bonds. The Balaban J connectivity index is 1.65. The van der Waals surface area contributed by atoms with Gasteiger partial charge in [0.1, 0.15) is 17.6 Å². The van der Waals surface area contributed by atoms with Crippen LogP contribution < -0.4 is 0 Å². The van der Waals surface area contributed by atoms with Gasteiger partial charge in [-0.2, -0.15) is 0 Å². The smallest absolute Gasteiger partial charge is 0.256 e. The molecule has 6 nitrogen and oxygen atoms in total. The summed E-state index contributed by atoms with van der Waals surface area (Å²) < 4.78 is 25.3. The van der Waals surface area contributed by atoms with E-state index in [1.807, 2.05) is 0 Å². The molecule has 28 heavy (non-hydrogen) atoms. The molecule has 2 aliphatic heterocycles. The average Bonchev–Trinajstić information content (AvgIpc) is 3.08. The second kappa shape index (κ2) is 7.79. The Bertz CT molecular complexity index is 742. The van der Waals surface area contributed by atoms with Crippen LogP contribution in [0.1, 0.15) is 43.0 Å². The van der Waals surface area contributed by atoms with Crippen LogP contribution in [0, 0.1) is 11.7 Å². The molecule has 152 valence electrons. The fourth-order valence-corrected chi connectivity index (χ4v) is 4.52. The summed E-state index contributed by atoms with van der Waals surface area (Å²) in [6.45, 7) is 4.41. The molecular formula is C21H27FN2O4. The summed E-state index contributed by atoms with van der Waals surface area (Å²) in [6, 6.07) is 4.98. The van der Waals surface area contributed by atoms with Gasteiger partial charge in [-0.25, -0.2) is 4.39 Å². The van der Waals surface area contributed by atoms with E-state index in [1.165, 1.54) is 18.2 Å². The molecule has 0 N–H and O–H groups in total. The highest BCUT2D eigenvalue weighted by Gasteiger charge is 2.54. The van der Waals surface area contributed by atoms with E-state index in [4.69, 9.17) is 9.47 Å². The fourth-order valence-electron chi connectivity index (χ4n) is 4.52. The molecule has 3 fully saturated rings. The Morgan fingerprint density at radius 3 is 2.57 bits per heavy atom. The molecule has 1 saturated carbocycles. The summed E-state index contributed by atoms with van der Waals surface area (Å²) in [5, 5.41) is 0. The third-order valence-electron chi connectivity index (χ3n) is 6.21. The van der Waals surface area contributed by atoms with Gasteiger partial charge >= 0.3 is 0 Å². The number of ether oxygens (including phenoxy) is 2. The Morgan fingerprint density at radius 2 is 1.89 bits per heavy atom. The van der Waals surface area contributed by atoms with E-state index in [-0.39, 0.29) is 24.0 Å². The van der Waals surface area contributed by atoms with Crippen LogP contribution in [-0.2, 0) is 14.3 Å². The van der Waals surface area contributed by atoms with Gasteiger partial charge in [0.2, 0.25) is 5.91 Å². The highest BCUT2D eigenvalue weighted by atomic mass is 19.1. The SMILES string of the molecule is CC1CCC2(CC1)OCC(C(=O)N1CCOCC1)N2C(=O)c1cccc(F)c1. The van der Waals surface area contributed by atoms with Crippen LogP contribution in [0.4, 0.5) is 4.39 Å². The lowest BCUT2D eigenvalue weighted by molar-refractivity contribution is -0.141. The van der Waals surface area contributed by atoms with Crippen LogP contribution in [0.2, 0.25) is 0 Å². The van der Waals surface area contributed by atoms with Gasteiger partial charge in [-0.3, -0.25) is 14.5 Å². The van der Waals surface area contributed by atoms with Crippen molar-refractivity contribution in [1.29, 1.82) is 0 Å². The zero-order valence-electron chi connectivity index (χ0n) is 16.2. The molecule has 0 bridgehead atoms. The first kappa shape index (κ1) is 19.3. The largest absolute Gasteiger partial charge is 0.378 e. The van der Waals surface area contributed by atoms with Crippen LogP contribution >= 0.6 is 0 Å². The Hall–Kier alpha value is -1.99. The van der Waals surface area contributed by atoms with Crippen molar-refractivity contribution in [3.63, 3.8) is 0 Å². The molecule has 1 aliphatic carbocycles. The first-order valence-electron chi connectivity index (χ1n) is 10.1. The topological polar surface area (TPSA) is 59.1 Å². The Labute approximate surface area is 164 Å². The molecule has 1 aromatic carbocycles. The maximum absolute atomic E-state index is 13.8. The van der Waals surface area contributed by atoms with Gasteiger partial charge in [-0.1, -0.05) is 13.0 Å². The van der Waals surface area contributed by atoms with Crippen LogP contribution in [0.5, 0.6) is 0 Å².